The number of amides is 1. The number of nitrogens with one attached hydrogen (secondary N) is 1. The van der Waals surface area contributed by atoms with Gasteiger partial charge in [-0.3, -0.25) is 14.1 Å². The number of thiazole rings is 1. The lowest BCUT2D eigenvalue weighted by molar-refractivity contribution is 0.102. The predicted molar refractivity (Wildman–Crippen MR) is 165 cm³/mol. The van der Waals surface area contributed by atoms with Crippen LogP contribution in [0.25, 0.3) is 17.0 Å². The largest absolute Gasteiger partial charge is 0.397 e. The molecule has 1 aliphatic carbocycles. The minimum atomic E-state index is -0.164. The van der Waals surface area contributed by atoms with E-state index in [0.717, 1.165) is 41.4 Å². The van der Waals surface area contributed by atoms with Crippen molar-refractivity contribution in [2.45, 2.75) is 50.5 Å². The van der Waals surface area contributed by atoms with Crippen molar-refractivity contribution < 1.29 is 4.79 Å². The van der Waals surface area contributed by atoms with E-state index in [1.165, 1.54) is 49.9 Å². The molecular weight excluding hydrogens is 528 g/mol. The summed E-state index contributed by atoms with van der Waals surface area (Å²) >= 11 is 1.73. The van der Waals surface area contributed by atoms with E-state index in [1.807, 2.05) is 36.5 Å². The molecule has 208 valence electrons. The number of imidazole rings is 1. The quantitative estimate of drug-likeness (QED) is 0.214. The zero-order valence-electron chi connectivity index (χ0n) is 23.1. The van der Waals surface area contributed by atoms with Crippen LogP contribution >= 0.6 is 11.3 Å². The van der Waals surface area contributed by atoms with E-state index in [9.17, 15) is 4.79 Å². The number of likely N-dealkylation sites (tertiary alicyclic amines) is 1. The first-order valence-corrected chi connectivity index (χ1v) is 15.4. The van der Waals surface area contributed by atoms with Crippen LogP contribution in [0.2, 0.25) is 0 Å². The van der Waals surface area contributed by atoms with Gasteiger partial charge in [-0.1, -0.05) is 37.1 Å². The summed E-state index contributed by atoms with van der Waals surface area (Å²) in [6, 6.07) is 19.8. The fourth-order valence-corrected chi connectivity index (χ4v) is 7.57. The number of carbonyl (C=O) groups is 1. The first-order valence-electron chi connectivity index (χ1n) is 14.5. The molecule has 4 heterocycles. The van der Waals surface area contributed by atoms with Gasteiger partial charge in [0, 0.05) is 29.1 Å². The molecule has 2 aromatic carbocycles. The Morgan fingerprint density at radius 1 is 1.00 bits per heavy atom. The van der Waals surface area contributed by atoms with E-state index < -0.39 is 0 Å². The number of aromatic nitrogens is 3. The fourth-order valence-electron chi connectivity index (χ4n) is 6.47. The SMILES string of the molecule is Nc1ccccc1NC(=O)c1ccc(C2(c3nc(-c4cnc5cc(CN6CCCC6)ccn45)cs3)CCCC2)cc1. The van der Waals surface area contributed by atoms with Crippen LogP contribution in [-0.2, 0) is 12.0 Å². The Morgan fingerprint density at radius 3 is 2.56 bits per heavy atom. The lowest BCUT2D eigenvalue weighted by Crippen LogP contribution is -2.24. The van der Waals surface area contributed by atoms with Gasteiger partial charge in [0.1, 0.15) is 10.7 Å². The van der Waals surface area contributed by atoms with Crippen molar-refractivity contribution in [1.29, 1.82) is 0 Å². The molecule has 0 unspecified atom stereocenters. The van der Waals surface area contributed by atoms with Gasteiger partial charge in [-0.25, -0.2) is 9.97 Å². The summed E-state index contributed by atoms with van der Waals surface area (Å²) in [6.45, 7) is 3.36. The van der Waals surface area contributed by atoms with E-state index in [-0.39, 0.29) is 11.3 Å². The summed E-state index contributed by atoms with van der Waals surface area (Å²) in [5.41, 5.74) is 13.1. The highest BCUT2D eigenvalue weighted by Gasteiger charge is 2.40. The maximum Gasteiger partial charge on any atom is 0.255 e. The molecule has 0 bridgehead atoms. The maximum absolute atomic E-state index is 12.9. The number of carbonyl (C=O) groups excluding carboxylic acids is 1. The Morgan fingerprint density at radius 2 is 1.78 bits per heavy atom. The van der Waals surface area contributed by atoms with Gasteiger partial charge < -0.3 is 11.1 Å². The third-order valence-corrected chi connectivity index (χ3v) is 9.77. The number of nitrogens with two attached hydrogens (primary N) is 1. The molecule has 7 rings (SSSR count). The van der Waals surface area contributed by atoms with Gasteiger partial charge in [-0.15, -0.1) is 11.3 Å². The molecule has 0 radical (unpaired) electrons. The number of hydrogen-bond acceptors (Lipinski definition) is 6. The molecule has 1 aliphatic heterocycles. The van der Waals surface area contributed by atoms with Gasteiger partial charge in [0.05, 0.1) is 29.0 Å². The van der Waals surface area contributed by atoms with Gasteiger partial charge in [0.25, 0.3) is 5.91 Å². The highest BCUT2D eigenvalue weighted by atomic mass is 32.1. The molecule has 1 amide bonds. The molecule has 2 aliphatic rings. The molecule has 41 heavy (non-hydrogen) atoms. The van der Waals surface area contributed by atoms with Crippen LogP contribution in [0.4, 0.5) is 11.4 Å². The van der Waals surface area contributed by atoms with E-state index in [4.69, 9.17) is 15.7 Å². The highest BCUT2D eigenvalue weighted by molar-refractivity contribution is 7.10. The molecule has 3 aromatic heterocycles. The summed E-state index contributed by atoms with van der Waals surface area (Å²) in [5, 5.41) is 6.24. The van der Waals surface area contributed by atoms with Crippen molar-refractivity contribution >= 4 is 34.3 Å². The Bertz CT molecular complexity index is 1690. The minimum Gasteiger partial charge on any atom is -0.397 e. The number of anilines is 2. The first-order chi connectivity index (χ1) is 20.1. The van der Waals surface area contributed by atoms with Crippen LogP contribution < -0.4 is 11.1 Å². The molecule has 8 heteroatoms. The smallest absolute Gasteiger partial charge is 0.255 e. The Labute approximate surface area is 244 Å². The van der Waals surface area contributed by atoms with Crippen molar-refractivity contribution in [2.75, 3.05) is 24.1 Å². The maximum atomic E-state index is 12.9. The lowest BCUT2D eigenvalue weighted by Gasteiger charge is -2.27. The molecule has 0 spiro atoms. The normalized spacial score (nSPS) is 16.9. The summed E-state index contributed by atoms with van der Waals surface area (Å²) in [5.74, 6) is -0.164. The summed E-state index contributed by atoms with van der Waals surface area (Å²) in [6.07, 6.45) is 11.1. The molecule has 3 N–H and O–H groups in total. The van der Waals surface area contributed by atoms with Crippen molar-refractivity contribution in [3.05, 3.63) is 100 Å². The second-order valence-electron chi connectivity index (χ2n) is 11.3. The topological polar surface area (TPSA) is 88.5 Å². The lowest BCUT2D eigenvalue weighted by atomic mass is 9.79. The van der Waals surface area contributed by atoms with Gasteiger partial charge >= 0.3 is 0 Å². The number of pyridine rings is 1. The first kappa shape index (κ1) is 25.9. The van der Waals surface area contributed by atoms with Crippen LogP contribution in [0, 0.1) is 0 Å². The van der Waals surface area contributed by atoms with Crippen LogP contribution in [0.3, 0.4) is 0 Å². The fraction of sp³-hybridized carbons (Fsp3) is 0.303. The Kier molecular flexibility index (Phi) is 6.80. The van der Waals surface area contributed by atoms with E-state index in [0.29, 0.717) is 16.9 Å². The third kappa shape index (κ3) is 4.91. The standard InChI is InChI=1S/C33H34N6OS/c34-26-7-1-2-8-27(26)36-31(40)24-9-11-25(12-10-24)33(14-3-4-15-33)32-37-28(22-41-32)29-20-35-30-19-23(13-18-39(29)30)21-38-16-5-6-17-38/h1-2,7-13,18-20,22H,3-6,14-17,21,34H2,(H,36,40). The van der Waals surface area contributed by atoms with Gasteiger partial charge in [0.15, 0.2) is 0 Å². The zero-order valence-corrected chi connectivity index (χ0v) is 23.9. The van der Waals surface area contributed by atoms with Gasteiger partial charge in [-0.05, 0) is 86.3 Å². The van der Waals surface area contributed by atoms with Crippen LogP contribution in [0.1, 0.15) is 65.0 Å². The van der Waals surface area contributed by atoms with Crippen molar-refractivity contribution in [3.8, 4) is 11.4 Å². The van der Waals surface area contributed by atoms with E-state index >= 15 is 0 Å². The average molecular weight is 563 g/mol. The number of fused-ring (bicyclic) bond motifs is 1. The number of rotatable bonds is 7. The number of para-hydroxylation sites is 2. The Hall–Kier alpha value is -4.01. The number of nitrogen functional groups attached to an aromatic ring is 1. The average Bonchev–Trinajstić information content (AvgIpc) is 3.81. The van der Waals surface area contributed by atoms with Crippen LogP contribution in [-0.4, -0.2) is 38.3 Å². The van der Waals surface area contributed by atoms with Crippen LogP contribution in [0.5, 0.6) is 0 Å². The number of benzene rings is 2. The molecule has 2 fully saturated rings. The van der Waals surface area contributed by atoms with Crippen molar-refractivity contribution in [2.24, 2.45) is 0 Å². The summed E-state index contributed by atoms with van der Waals surface area (Å²) in [4.78, 5) is 25.4. The van der Waals surface area contributed by atoms with Gasteiger partial charge in [0.2, 0.25) is 0 Å². The van der Waals surface area contributed by atoms with E-state index in [2.05, 4.69) is 50.5 Å². The Balaban J connectivity index is 1.13. The molecular formula is C33H34N6OS. The predicted octanol–water partition coefficient (Wildman–Crippen LogP) is 6.75. The molecule has 5 aromatic rings. The minimum absolute atomic E-state index is 0.134. The van der Waals surface area contributed by atoms with Crippen molar-refractivity contribution in [3.63, 3.8) is 0 Å². The highest BCUT2D eigenvalue weighted by Crippen LogP contribution is 2.48. The van der Waals surface area contributed by atoms with Crippen molar-refractivity contribution in [1.82, 2.24) is 19.3 Å². The summed E-state index contributed by atoms with van der Waals surface area (Å²) < 4.78 is 2.15. The zero-order chi connectivity index (χ0) is 27.8. The molecule has 1 saturated carbocycles. The molecule has 7 nitrogen and oxygen atoms in total. The van der Waals surface area contributed by atoms with Crippen LogP contribution in [0.15, 0.2) is 78.4 Å². The molecule has 0 atom stereocenters. The second kappa shape index (κ2) is 10.8. The number of hydrogen-bond donors (Lipinski definition) is 2. The molecule has 1 saturated heterocycles. The third-order valence-electron chi connectivity index (χ3n) is 8.72. The number of nitrogens with zero attached hydrogens (tertiary/aromatic N) is 4. The van der Waals surface area contributed by atoms with E-state index in [1.54, 1.807) is 17.4 Å². The monoisotopic (exact) mass is 562 g/mol. The second-order valence-corrected chi connectivity index (χ2v) is 12.2. The van der Waals surface area contributed by atoms with Gasteiger partial charge in [-0.2, -0.15) is 0 Å². The summed E-state index contributed by atoms with van der Waals surface area (Å²) in [7, 11) is 0.